The largest absolute Gasteiger partial charge is 0.490 e. The van der Waals surface area contributed by atoms with Gasteiger partial charge in [0.15, 0.2) is 0 Å². The van der Waals surface area contributed by atoms with E-state index < -0.39 is 18.1 Å². The Bertz CT molecular complexity index is 1120. The van der Waals surface area contributed by atoms with Gasteiger partial charge in [0, 0.05) is 29.6 Å². The SMILES string of the molecule is CC(C)c1ccc(C#Cc2ccc3c(c2)C2(CC2)CN(CC(=O)O)C3)cc1.O=C(O)C(F)(F)F. The van der Waals surface area contributed by atoms with Crippen LogP contribution in [0.5, 0.6) is 0 Å². The Balaban J connectivity index is 0.000000406. The minimum atomic E-state index is -5.08. The minimum absolute atomic E-state index is 0.120. The van der Waals surface area contributed by atoms with Crippen molar-refractivity contribution in [1.29, 1.82) is 0 Å². The van der Waals surface area contributed by atoms with Gasteiger partial charge in [-0.3, -0.25) is 9.69 Å². The van der Waals surface area contributed by atoms with Gasteiger partial charge in [0.25, 0.3) is 0 Å². The van der Waals surface area contributed by atoms with E-state index in [1.807, 2.05) is 0 Å². The first-order valence-corrected chi connectivity index (χ1v) is 10.9. The summed E-state index contributed by atoms with van der Waals surface area (Å²) in [6.07, 6.45) is -2.80. The molecule has 4 rings (SSSR count). The predicted molar refractivity (Wildman–Crippen MR) is 120 cm³/mol. The second-order valence-corrected chi connectivity index (χ2v) is 9.02. The van der Waals surface area contributed by atoms with Crippen LogP contribution < -0.4 is 0 Å². The molecule has 34 heavy (non-hydrogen) atoms. The molecule has 0 bridgehead atoms. The fourth-order valence-electron chi connectivity index (χ4n) is 4.07. The van der Waals surface area contributed by atoms with Gasteiger partial charge in [-0.1, -0.05) is 43.9 Å². The maximum atomic E-state index is 11.1. The van der Waals surface area contributed by atoms with Gasteiger partial charge in [0.2, 0.25) is 0 Å². The quantitative estimate of drug-likeness (QED) is 0.628. The van der Waals surface area contributed by atoms with E-state index in [4.69, 9.17) is 15.0 Å². The van der Waals surface area contributed by atoms with Crippen molar-refractivity contribution >= 4 is 11.9 Å². The molecule has 0 atom stereocenters. The highest BCUT2D eigenvalue weighted by Crippen LogP contribution is 2.52. The molecule has 5 nitrogen and oxygen atoms in total. The first kappa shape index (κ1) is 25.3. The Morgan fingerprint density at radius 1 is 1.03 bits per heavy atom. The molecule has 2 aromatic rings. The van der Waals surface area contributed by atoms with E-state index in [1.165, 1.54) is 16.7 Å². The summed E-state index contributed by atoms with van der Waals surface area (Å²) in [4.78, 5) is 22.0. The molecule has 1 saturated carbocycles. The highest BCUT2D eigenvalue weighted by molar-refractivity contribution is 5.73. The van der Waals surface area contributed by atoms with Crippen LogP contribution in [0.3, 0.4) is 0 Å². The number of aliphatic carboxylic acids is 2. The summed E-state index contributed by atoms with van der Waals surface area (Å²) in [6, 6.07) is 14.9. The number of halogens is 3. The number of alkyl halides is 3. The number of rotatable bonds is 3. The van der Waals surface area contributed by atoms with Gasteiger partial charge in [-0.2, -0.15) is 13.2 Å². The van der Waals surface area contributed by atoms with Crippen LogP contribution in [-0.4, -0.2) is 46.3 Å². The summed E-state index contributed by atoms with van der Waals surface area (Å²) in [6.45, 7) is 6.07. The van der Waals surface area contributed by atoms with Crippen LogP contribution >= 0.6 is 0 Å². The van der Waals surface area contributed by atoms with Crippen molar-refractivity contribution in [2.75, 3.05) is 13.1 Å². The lowest BCUT2D eigenvalue weighted by molar-refractivity contribution is -0.192. The van der Waals surface area contributed by atoms with Crippen LogP contribution in [-0.2, 0) is 21.5 Å². The van der Waals surface area contributed by atoms with Crippen molar-refractivity contribution in [3.63, 3.8) is 0 Å². The lowest BCUT2D eigenvalue weighted by atomic mass is 9.85. The zero-order valence-electron chi connectivity index (χ0n) is 18.9. The molecule has 1 aliphatic heterocycles. The monoisotopic (exact) mass is 473 g/mol. The van der Waals surface area contributed by atoms with E-state index in [1.54, 1.807) is 0 Å². The topological polar surface area (TPSA) is 77.8 Å². The molecule has 1 spiro atoms. The maximum Gasteiger partial charge on any atom is 0.490 e. The van der Waals surface area contributed by atoms with Gasteiger partial charge >= 0.3 is 18.1 Å². The normalized spacial score (nSPS) is 16.1. The van der Waals surface area contributed by atoms with E-state index in [9.17, 15) is 18.0 Å². The molecule has 0 radical (unpaired) electrons. The Kier molecular flexibility index (Phi) is 7.37. The van der Waals surface area contributed by atoms with Gasteiger partial charge in [-0.25, -0.2) is 4.79 Å². The van der Waals surface area contributed by atoms with E-state index in [2.05, 4.69) is 73.1 Å². The van der Waals surface area contributed by atoms with E-state index in [0.29, 0.717) is 12.5 Å². The number of carboxylic acids is 2. The van der Waals surface area contributed by atoms with Gasteiger partial charge in [-0.05, 0) is 59.7 Å². The van der Waals surface area contributed by atoms with Crippen molar-refractivity contribution in [3.05, 3.63) is 70.3 Å². The Morgan fingerprint density at radius 3 is 2.09 bits per heavy atom. The lowest BCUT2D eigenvalue weighted by Crippen LogP contribution is -2.40. The van der Waals surface area contributed by atoms with E-state index in [0.717, 1.165) is 30.5 Å². The fraction of sp³-hybridized carbons (Fsp3) is 0.385. The third kappa shape index (κ3) is 6.39. The Hall–Kier alpha value is -3.31. The fourth-order valence-corrected chi connectivity index (χ4v) is 4.07. The number of hydrogen-bond donors (Lipinski definition) is 2. The van der Waals surface area contributed by atoms with Crippen molar-refractivity contribution in [3.8, 4) is 11.8 Å². The summed E-state index contributed by atoms with van der Waals surface area (Å²) in [5.74, 6) is 3.61. The molecule has 0 amide bonds. The number of nitrogens with zero attached hydrogens (tertiary/aromatic N) is 1. The van der Waals surface area contributed by atoms with Crippen LogP contribution in [0.25, 0.3) is 0 Å². The number of hydrogen-bond acceptors (Lipinski definition) is 3. The second kappa shape index (κ2) is 9.90. The van der Waals surface area contributed by atoms with Crippen LogP contribution in [0.1, 0.15) is 60.4 Å². The van der Waals surface area contributed by atoms with Crippen LogP contribution in [0.4, 0.5) is 13.2 Å². The summed E-state index contributed by atoms with van der Waals surface area (Å²) < 4.78 is 31.7. The van der Waals surface area contributed by atoms with Gasteiger partial charge in [-0.15, -0.1) is 0 Å². The maximum absolute atomic E-state index is 11.1. The van der Waals surface area contributed by atoms with Crippen molar-refractivity contribution in [2.45, 2.75) is 50.7 Å². The second-order valence-electron chi connectivity index (χ2n) is 9.02. The lowest BCUT2D eigenvalue weighted by Gasteiger charge is -2.34. The Labute approximate surface area is 196 Å². The standard InChI is InChI=1S/C24H25NO2.C2HF3O2/c1-17(2)20-8-5-18(6-9-20)3-4-19-7-10-21-14-25(15-23(26)27)16-24(11-12-24)22(21)13-19;3-2(4,5)1(6)7/h5-10,13,17H,11-12,14-16H2,1-2H3,(H,26,27);(H,6,7). The van der Waals surface area contributed by atoms with Gasteiger partial charge in [0.1, 0.15) is 0 Å². The molecule has 2 aromatic carbocycles. The number of carboxylic acid groups (broad SMARTS) is 2. The van der Waals surface area contributed by atoms with E-state index >= 15 is 0 Å². The molecule has 0 saturated heterocycles. The molecule has 0 unspecified atom stereocenters. The van der Waals surface area contributed by atoms with E-state index in [-0.39, 0.29) is 12.0 Å². The zero-order chi connectivity index (χ0) is 25.1. The average molecular weight is 473 g/mol. The molecule has 1 heterocycles. The van der Waals surface area contributed by atoms with Crippen LogP contribution in [0.2, 0.25) is 0 Å². The first-order valence-electron chi connectivity index (χ1n) is 10.9. The van der Waals surface area contributed by atoms with Gasteiger partial charge in [0.05, 0.1) is 6.54 Å². The third-order valence-corrected chi connectivity index (χ3v) is 5.98. The van der Waals surface area contributed by atoms with Crippen LogP contribution in [0.15, 0.2) is 42.5 Å². The molecule has 1 aliphatic carbocycles. The molecule has 180 valence electrons. The molecule has 0 aromatic heterocycles. The molecular weight excluding hydrogens is 447 g/mol. The molecule has 2 N–H and O–H groups in total. The summed E-state index contributed by atoms with van der Waals surface area (Å²) in [7, 11) is 0. The smallest absolute Gasteiger partial charge is 0.480 e. The number of carbonyl (C=O) groups is 2. The first-order chi connectivity index (χ1) is 15.9. The highest BCUT2D eigenvalue weighted by atomic mass is 19.4. The molecular formula is C26H26F3NO4. The molecule has 2 aliphatic rings. The van der Waals surface area contributed by atoms with Crippen LogP contribution in [0, 0.1) is 11.8 Å². The number of benzene rings is 2. The van der Waals surface area contributed by atoms with Crippen molar-refractivity contribution in [1.82, 2.24) is 4.90 Å². The third-order valence-electron chi connectivity index (χ3n) is 5.98. The Morgan fingerprint density at radius 2 is 1.59 bits per heavy atom. The predicted octanol–water partition coefficient (Wildman–Crippen LogP) is 4.77. The zero-order valence-corrected chi connectivity index (χ0v) is 18.9. The molecule has 8 heteroatoms. The van der Waals surface area contributed by atoms with Gasteiger partial charge < -0.3 is 10.2 Å². The van der Waals surface area contributed by atoms with Crippen molar-refractivity contribution in [2.24, 2.45) is 0 Å². The molecule has 1 fully saturated rings. The van der Waals surface area contributed by atoms with Crippen molar-refractivity contribution < 1.29 is 33.0 Å². The highest BCUT2D eigenvalue weighted by Gasteiger charge is 2.49. The number of fused-ring (bicyclic) bond motifs is 2. The summed E-state index contributed by atoms with van der Waals surface area (Å²) >= 11 is 0. The minimum Gasteiger partial charge on any atom is -0.480 e. The summed E-state index contributed by atoms with van der Waals surface area (Å²) in [5, 5.41) is 16.2. The summed E-state index contributed by atoms with van der Waals surface area (Å²) in [5.41, 5.74) is 6.19. The average Bonchev–Trinajstić information content (AvgIpc) is 3.52.